The molecule has 3 rings (SSSR count). The van der Waals surface area contributed by atoms with Crippen LogP contribution >= 0.6 is 0 Å². The monoisotopic (exact) mass is 573 g/mol. The Hall–Kier alpha value is -3.18. The van der Waals surface area contributed by atoms with Gasteiger partial charge in [-0.25, -0.2) is 19.0 Å². The predicted molar refractivity (Wildman–Crippen MR) is 152 cm³/mol. The van der Waals surface area contributed by atoms with Crippen LogP contribution in [0.3, 0.4) is 0 Å². The molecule has 11 heteroatoms. The van der Waals surface area contributed by atoms with Crippen molar-refractivity contribution in [3.05, 3.63) is 47.0 Å². The number of nitrogens with zero attached hydrogens (tertiary/aromatic N) is 1. The summed E-state index contributed by atoms with van der Waals surface area (Å²) >= 11 is 0. The number of hydrogen-bond donors (Lipinski definition) is 0. The van der Waals surface area contributed by atoms with Crippen LogP contribution in [-0.2, 0) is 18.8 Å². The van der Waals surface area contributed by atoms with E-state index < -0.39 is 53.4 Å². The van der Waals surface area contributed by atoms with Gasteiger partial charge in [0.15, 0.2) is 11.4 Å². The quantitative estimate of drug-likeness (QED) is 0.310. The van der Waals surface area contributed by atoms with Gasteiger partial charge in [-0.3, -0.25) is 0 Å². The number of hydrogen-bond acceptors (Lipinski definition) is 9. The molecule has 0 spiro atoms. The summed E-state index contributed by atoms with van der Waals surface area (Å²) < 4.78 is 49.8. The number of ether oxygens (including phenoxy) is 4. The van der Waals surface area contributed by atoms with E-state index in [2.05, 4.69) is 4.98 Å². The summed E-state index contributed by atoms with van der Waals surface area (Å²) in [5.74, 6) is -1.98. The summed E-state index contributed by atoms with van der Waals surface area (Å²) in [5.41, 5.74) is -3.07. The Morgan fingerprint density at radius 1 is 0.951 bits per heavy atom. The summed E-state index contributed by atoms with van der Waals surface area (Å²) in [6.07, 6.45) is 0.430. The molecule has 1 unspecified atom stereocenters. The number of esters is 2. The van der Waals surface area contributed by atoms with E-state index in [1.807, 2.05) is 27.7 Å². The van der Waals surface area contributed by atoms with E-state index in [0.717, 1.165) is 0 Å². The minimum Gasteiger partial charge on any atom is -0.496 e. The number of halogens is 1. The molecule has 2 heterocycles. The first-order valence-corrected chi connectivity index (χ1v) is 13.5. The van der Waals surface area contributed by atoms with Crippen LogP contribution in [0.4, 0.5) is 4.39 Å². The molecule has 224 valence electrons. The molecule has 0 aliphatic carbocycles. The van der Waals surface area contributed by atoms with E-state index in [4.69, 9.17) is 28.3 Å². The summed E-state index contributed by atoms with van der Waals surface area (Å²) in [7, 11) is 0.409. The number of carbonyl (C=O) groups excluding carboxylic acids is 2. The van der Waals surface area contributed by atoms with Crippen molar-refractivity contribution in [2.24, 2.45) is 0 Å². The molecule has 0 radical (unpaired) electrons. The number of aromatic nitrogens is 1. The first kappa shape index (κ1) is 32.3. The molecule has 1 aromatic carbocycles. The summed E-state index contributed by atoms with van der Waals surface area (Å²) in [6, 6.07) is 3.98. The molecule has 2 aromatic rings. The molecule has 0 saturated carbocycles. The minimum atomic E-state index is -1.04. The second kappa shape index (κ2) is 11.2. The molecule has 1 saturated heterocycles. The third kappa shape index (κ3) is 7.37. The fourth-order valence-corrected chi connectivity index (χ4v) is 4.04. The van der Waals surface area contributed by atoms with Crippen molar-refractivity contribution in [1.29, 1.82) is 0 Å². The van der Waals surface area contributed by atoms with E-state index in [0.29, 0.717) is 11.3 Å². The van der Waals surface area contributed by atoms with E-state index >= 15 is 0 Å². The van der Waals surface area contributed by atoms with Crippen molar-refractivity contribution in [2.75, 3.05) is 7.11 Å². The van der Waals surface area contributed by atoms with Gasteiger partial charge in [-0.05, 0) is 94.4 Å². The molecule has 41 heavy (non-hydrogen) atoms. The van der Waals surface area contributed by atoms with Crippen LogP contribution in [0.15, 0.2) is 24.4 Å². The number of benzene rings is 1. The van der Waals surface area contributed by atoms with Gasteiger partial charge in [0, 0.05) is 17.2 Å². The first-order chi connectivity index (χ1) is 18.7. The summed E-state index contributed by atoms with van der Waals surface area (Å²) in [4.78, 5) is 31.6. The molecule has 0 amide bonds. The third-order valence-corrected chi connectivity index (χ3v) is 6.69. The van der Waals surface area contributed by atoms with Crippen molar-refractivity contribution >= 4 is 24.5 Å². The van der Waals surface area contributed by atoms with E-state index in [-0.39, 0.29) is 22.5 Å². The van der Waals surface area contributed by atoms with Crippen molar-refractivity contribution in [3.8, 4) is 11.5 Å². The normalized spacial score (nSPS) is 17.1. The topological polar surface area (TPSA) is 102 Å². The maximum atomic E-state index is 14.3. The Kier molecular flexibility index (Phi) is 8.87. The molecule has 0 bridgehead atoms. The van der Waals surface area contributed by atoms with Gasteiger partial charge in [0.05, 0.1) is 18.3 Å². The lowest BCUT2D eigenvalue weighted by Gasteiger charge is -2.32. The highest BCUT2D eigenvalue weighted by atomic mass is 19.1. The van der Waals surface area contributed by atoms with Gasteiger partial charge < -0.3 is 28.3 Å². The standard InChI is InChI=1S/C30H41BFNO8/c1-17(19-15-18(32)13-14-21(19)36-12)37-24-22(25(34)38-27(2,3)4)20(31-40-29(8,9)30(10,11)41-31)16-33-23(24)26(35)39-28(5,6)7/h13-17H,1-12H3. The van der Waals surface area contributed by atoms with Crippen LogP contribution in [0.25, 0.3) is 0 Å². The Labute approximate surface area is 242 Å². The third-order valence-electron chi connectivity index (χ3n) is 6.69. The number of rotatable bonds is 7. The second-order valence-corrected chi connectivity index (χ2v) is 13.0. The zero-order valence-electron chi connectivity index (χ0n) is 26.1. The van der Waals surface area contributed by atoms with Crippen LogP contribution in [-0.4, -0.2) is 53.6 Å². The van der Waals surface area contributed by atoms with E-state index in [1.165, 1.54) is 31.5 Å². The lowest BCUT2D eigenvalue weighted by atomic mass is 9.76. The molecule has 1 aliphatic rings. The predicted octanol–water partition coefficient (Wildman–Crippen LogP) is 5.58. The highest BCUT2D eigenvalue weighted by molar-refractivity contribution is 6.63. The first-order valence-electron chi connectivity index (χ1n) is 13.5. The molecule has 1 aliphatic heterocycles. The average molecular weight is 573 g/mol. The van der Waals surface area contributed by atoms with Gasteiger partial charge in [-0.15, -0.1) is 0 Å². The zero-order valence-corrected chi connectivity index (χ0v) is 26.1. The van der Waals surface area contributed by atoms with Gasteiger partial charge in [-0.2, -0.15) is 0 Å². The van der Waals surface area contributed by atoms with E-state index in [9.17, 15) is 14.0 Å². The zero-order chi connectivity index (χ0) is 31.1. The van der Waals surface area contributed by atoms with Crippen LogP contribution in [0.2, 0.25) is 0 Å². The SMILES string of the molecule is COc1ccc(F)cc1C(C)Oc1c(C(=O)OC(C)(C)C)ncc(B2OC(C)(C)C(C)(C)O2)c1C(=O)OC(C)(C)C. The molecule has 1 fully saturated rings. The minimum absolute atomic E-state index is 0.114. The van der Waals surface area contributed by atoms with Crippen molar-refractivity contribution in [2.45, 2.75) is 105 Å². The fourth-order valence-electron chi connectivity index (χ4n) is 4.04. The van der Waals surface area contributed by atoms with Gasteiger partial charge in [-0.1, -0.05) is 0 Å². The van der Waals surface area contributed by atoms with Gasteiger partial charge in [0.2, 0.25) is 0 Å². The van der Waals surface area contributed by atoms with Crippen LogP contribution in [0.5, 0.6) is 11.5 Å². The lowest BCUT2D eigenvalue weighted by Crippen LogP contribution is -2.41. The van der Waals surface area contributed by atoms with Gasteiger partial charge in [0.25, 0.3) is 0 Å². The van der Waals surface area contributed by atoms with Gasteiger partial charge in [0.1, 0.15) is 34.4 Å². The number of methoxy groups -OCH3 is 1. The molecule has 0 N–H and O–H groups in total. The Morgan fingerprint density at radius 3 is 2.00 bits per heavy atom. The molecule has 9 nitrogen and oxygen atoms in total. The molecule has 1 aromatic heterocycles. The highest BCUT2D eigenvalue weighted by Crippen LogP contribution is 2.39. The largest absolute Gasteiger partial charge is 0.497 e. The maximum Gasteiger partial charge on any atom is 0.497 e. The summed E-state index contributed by atoms with van der Waals surface area (Å²) in [5, 5.41) is 0. The Bertz CT molecular complexity index is 1300. The maximum absolute atomic E-state index is 14.3. The van der Waals surface area contributed by atoms with Crippen LogP contribution < -0.4 is 14.9 Å². The average Bonchev–Trinajstić information content (AvgIpc) is 3.02. The smallest absolute Gasteiger partial charge is 0.496 e. The van der Waals surface area contributed by atoms with Crippen LogP contribution in [0.1, 0.15) is 109 Å². The number of carbonyl (C=O) groups is 2. The second-order valence-electron chi connectivity index (χ2n) is 13.0. The van der Waals surface area contributed by atoms with E-state index in [1.54, 1.807) is 48.5 Å². The van der Waals surface area contributed by atoms with Crippen molar-refractivity contribution in [3.63, 3.8) is 0 Å². The van der Waals surface area contributed by atoms with Crippen LogP contribution in [0, 0.1) is 5.82 Å². The summed E-state index contributed by atoms with van der Waals surface area (Å²) in [6.45, 7) is 19.4. The van der Waals surface area contributed by atoms with Gasteiger partial charge >= 0.3 is 19.1 Å². The molecule has 1 atom stereocenters. The lowest BCUT2D eigenvalue weighted by molar-refractivity contribution is 0.00550. The fraction of sp³-hybridized carbons (Fsp3) is 0.567. The Morgan fingerprint density at radius 2 is 1.49 bits per heavy atom. The van der Waals surface area contributed by atoms with Crippen molar-refractivity contribution in [1.82, 2.24) is 4.98 Å². The Balaban J connectivity index is 2.29. The molecular weight excluding hydrogens is 532 g/mol. The highest BCUT2D eigenvalue weighted by Gasteiger charge is 2.53. The van der Waals surface area contributed by atoms with Crippen molar-refractivity contribution < 1.29 is 42.2 Å². The number of pyridine rings is 1. The molecular formula is C30H41BFNO8.